The van der Waals surface area contributed by atoms with Crippen LogP contribution in [0.1, 0.15) is 5.56 Å². The zero-order chi connectivity index (χ0) is 11.5. The van der Waals surface area contributed by atoms with Crippen LogP contribution in [0.3, 0.4) is 0 Å². The number of rotatable bonds is 0. The summed E-state index contributed by atoms with van der Waals surface area (Å²) in [4.78, 5) is 24.5. The van der Waals surface area contributed by atoms with Gasteiger partial charge in [0, 0.05) is 12.7 Å². The minimum atomic E-state index is -0.244. The van der Waals surface area contributed by atoms with Crippen LogP contribution in [0.5, 0.6) is 0 Å². The van der Waals surface area contributed by atoms with Gasteiger partial charge < -0.3 is 15.5 Å². The zero-order valence-corrected chi connectivity index (χ0v) is 8.99. The fraction of sp³-hybridized carbons (Fsp3) is 0.273. The van der Waals surface area contributed by atoms with Gasteiger partial charge >= 0.3 is 6.03 Å². The van der Waals surface area contributed by atoms with Crippen LogP contribution >= 0.6 is 0 Å². The van der Waals surface area contributed by atoms with E-state index in [9.17, 15) is 9.59 Å². The zero-order valence-electron chi connectivity index (χ0n) is 8.99. The van der Waals surface area contributed by atoms with Crippen LogP contribution in [0.15, 0.2) is 24.3 Å². The van der Waals surface area contributed by atoms with E-state index in [1.807, 2.05) is 24.3 Å². The molecule has 0 spiro atoms. The number of carbonyl (C=O) groups excluding carboxylic acids is 2. The van der Waals surface area contributed by atoms with Gasteiger partial charge in [-0.1, -0.05) is 18.2 Å². The summed E-state index contributed by atoms with van der Waals surface area (Å²) >= 11 is 0. The Balaban J connectivity index is 2.30. The number of urea groups is 1. The molecule has 2 rings (SSSR count). The number of carbonyl (C=O) groups is 2. The highest BCUT2D eigenvalue weighted by atomic mass is 16.2. The fourth-order valence-electron chi connectivity index (χ4n) is 1.71. The standard InChI is InChI=1S/C11H13N3O2/c1-12-11(16)14-6-8-4-2-3-5-9(8)13-10(15)7-14/h2-5H,6-7H2,1H3,(H,12,16)(H,13,15). The van der Waals surface area contributed by atoms with Crippen LogP contribution in [0.4, 0.5) is 10.5 Å². The monoisotopic (exact) mass is 219 g/mol. The lowest BCUT2D eigenvalue weighted by Crippen LogP contribution is -2.40. The van der Waals surface area contributed by atoms with Crippen LogP contribution in [-0.4, -0.2) is 30.4 Å². The first-order valence-corrected chi connectivity index (χ1v) is 5.05. The van der Waals surface area contributed by atoms with Crippen LogP contribution in [-0.2, 0) is 11.3 Å². The minimum absolute atomic E-state index is 0.0777. The van der Waals surface area contributed by atoms with E-state index in [1.165, 1.54) is 4.90 Å². The number of hydrogen-bond acceptors (Lipinski definition) is 2. The molecule has 1 aliphatic rings. The molecular formula is C11H13N3O2. The quantitative estimate of drug-likeness (QED) is 0.677. The Labute approximate surface area is 93.4 Å². The highest BCUT2D eigenvalue weighted by molar-refractivity contribution is 5.96. The van der Waals surface area contributed by atoms with Crippen molar-refractivity contribution in [2.45, 2.75) is 6.54 Å². The second kappa shape index (κ2) is 4.22. The first kappa shape index (κ1) is 10.5. The largest absolute Gasteiger partial charge is 0.341 e. The van der Waals surface area contributed by atoms with Gasteiger partial charge in [-0.25, -0.2) is 4.79 Å². The molecule has 3 amide bonds. The van der Waals surface area contributed by atoms with Crippen molar-refractivity contribution in [1.29, 1.82) is 0 Å². The summed E-state index contributed by atoms with van der Waals surface area (Å²) in [5.74, 6) is -0.173. The van der Waals surface area contributed by atoms with Crippen molar-refractivity contribution < 1.29 is 9.59 Å². The molecule has 0 radical (unpaired) electrons. The Morgan fingerprint density at radius 2 is 2.12 bits per heavy atom. The van der Waals surface area contributed by atoms with Crippen molar-refractivity contribution in [3.8, 4) is 0 Å². The van der Waals surface area contributed by atoms with Crippen molar-refractivity contribution in [2.75, 3.05) is 18.9 Å². The molecule has 5 heteroatoms. The smallest absolute Gasteiger partial charge is 0.317 e. The van der Waals surface area contributed by atoms with Gasteiger partial charge in [-0.15, -0.1) is 0 Å². The summed E-state index contributed by atoms with van der Waals surface area (Å²) in [6.07, 6.45) is 0. The lowest BCUT2D eigenvalue weighted by Gasteiger charge is -2.18. The maximum Gasteiger partial charge on any atom is 0.317 e. The third kappa shape index (κ3) is 1.98. The van der Waals surface area contributed by atoms with Gasteiger partial charge in [0.15, 0.2) is 0 Å². The number of fused-ring (bicyclic) bond motifs is 1. The molecule has 1 aromatic carbocycles. The Bertz CT molecular complexity index is 431. The van der Waals surface area contributed by atoms with Gasteiger partial charge in [-0.3, -0.25) is 4.79 Å². The van der Waals surface area contributed by atoms with E-state index >= 15 is 0 Å². The molecule has 0 fully saturated rings. The van der Waals surface area contributed by atoms with Crippen molar-refractivity contribution in [3.63, 3.8) is 0 Å². The molecule has 2 N–H and O–H groups in total. The first-order chi connectivity index (χ1) is 7.70. The van der Waals surface area contributed by atoms with Gasteiger partial charge in [0.25, 0.3) is 0 Å². The second-order valence-electron chi connectivity index (χ2n) is 3.62. The van der Waals surface area contributed by atoms with E-state index in [2.05, 4.69) is 10.6 Å². The van der Waals surface area contributed by atoms with E-state index in [0.717, 1.165) is 11.3 Å². The molecule has 1 aliphatic heterocycles. The predicted molar refractivity (Wildman–Crippen MR) is 59.9 cm³/mol. The molecule has 1 aromatic rings. The number of amides is 3. The number of benzene rings is 1. The van der Waals surface area contributed by atoms with Gasteiger partial charge in [0.1, 0.15) is 6.54 Å². The fourth-order valence-corrected chi connectivity index (χ4v) is 1.71. The minimum Gasteiger partial charge on any atom is -0.341 e. The summed E-state index contributed by atoms with van der Waals surface area (Å²) in [5, 5.41) is 5.29. The normalized spacial score (nSPS) is 14.8. The average Bonchev–Trinajstić information content (AvgIpc) is 2.45. The Kier molecular flexibility index (Phi) is 2.76. The molecule has 0 saturated heterocycles. The summed E-state index contributed by atoms with van der Waals surface area (Å²) in [7, 11) is 1.55. The lowest BCUT2D eigenvalue weighted by atomic mass is 10.2. The van der Waals surface area contributed by atoms with Crippen LogP contribution in [0, 0.1) is 0 Å². The molecular weight excluding hydrogens is 206 g/mol. The summed E-state index contributed by atoms with van der Waals surface area (Å²) in [5.41, 5.74) is 1.72. The summed E-state index contributed by atoms with van der Waals surface area (Å²) < 4.78 is 0. The number of nitrogens with zero attached hydrogens (tertiary/aromatic N) is 1. The highest BCUT2D eigenvalue weighted by Crippen LogP contribution is 2.19. The Morgan fingerprint density at radius 3 is 2.88 bits per heavy atom. The van der Waals surface area contributed by atoms with Crippen molar-refractivity contribution in [2.24, 2.45) is 0 Å². The van der Waals surface area contributed by atoms with Crippen LogP contribution < -0.4 is 10.6 Å². The number of anilines is 1. The lowest BCUT2D eigenvalue weighted by molar-refractivity contribution is -0.116. The van der Waals surface area contributed by atoms with Gasteiger partial charge in [-0.05, 0) is 11.6 Å². The number of nitrogens with one attached hydrogen (secondary N) is 2. The molecule has 84 valence electrons. The molecule has 0 aliphatic carbocycles. The topological polar surface area (TPSA) is 61.4 Å². The van der Waals surface area contributed by atoms with E-state index in [0.29, 0.717) is 6.54 Å². The van der Waals surface area contributed by atoms with E-state index in [-0.39, 0.29) is 18.5 Å². The second-order valence-corrected chi connectivity index (χ2v) is 3.62. The molecule has 16 heavy (non-hydrogen) atoms. The summed E-state index contributed by atoms with van der Waals surface area (Å²) in [6, 6.07) is 7.23. The van der Waals surface area contributed by atoms with Crippen molar-refractivity contribution >= 4 is 17.6 Å². The van der Waals surface area contributed by atoms with E-state index in [4.69, 9.17) is 0 Å². The van der Waals surface area contributed by atoms with Crippen LogP contribution in [0.25, 0.3) is 0 Å². The van der Waals surface area contributed by atoms with E-state index in [1.54, 1.807) is 7.05 Å². The molecule has 0 aromatic heterocycles. The maximum atomic E-state index is 11.5. The summed E-state index contributed by atoms with van der Waals surface area (Å²) in [6.45, 7) is 0.517. The molecule has 0 saturated carbocycles. The third-order valence-electron chi connectivity index (χ3n) is 2.49. The molecule has 0 unspecified atom stereocenters. The molecule has 0 bridgehead atoms. The molecule has 1 heterocycles. The van der Waals surface area contributed by atoms with Crippen molar-refractivity contribution in [1.82, 2.24) is 10.2 Å². The predicted octanol–water partition coefficient (Wildman–Crippen LogP) is 0.780. The number of para-hydroxylation sites is 1. The molecule has 5 nitrogen and oxygen atoms in total. The van der Waals surface area contributed by atoms with Gasteiger partial charge in [0.2, 0.25) is 5.91 Å². The SMILES string of the molecule is CNC(=O)N1CC(=O)Nc2ccccc2C1. The average molecular weight is 219 g/mol. The van der Waals surface area contributed by atoms with Gasteiger partial charge in [0.05, 0.1) is 6.54 Å². The Hall–Kier alpha value is -2.04. The van der Waals surface area contributed by atoms with Crippen LogP contribution in [0.2, 0.25) is 0 Å². The maximum absolute atomic E-state index is 11.5. The van der Waals surface area contributed by atoms with Gasteiger partial charge in [-0.2, -0.15) is 0 Å². The van der Waals surface area contributed by atoms with Crippen molar-refractivity contribution in [3.05, 3.63) is 29.8 Å². The first-order valence-electron chi connectivity index (χ1n) is 5.05. The molecule has 0 atom stereocenters. The third-order valence-corrected chi connectivity index (χ3v) is 2.49. The van der Waals surface area contributed by atoms with E-state index < -0.39 is 0 Å². The Morgan fingerprint density at radius 1 is 1.38 bits per heavy atom. The highest BCUT2D eigenvalue weighted by Gasteiger charge is 2.21. The number of hydrogen-bond donors (Lipinski definition) is 2.